The molecule has 3 aromatic rings. The van der Waals surface area contributed by atoms with Crippen LogP contribution in [-0.2, 0) is 4.79 Å². The maximum Gasteiger partial charge on any atom is 0.323 e. The molecule has 2 unspecified atom stereocenters. The molecule has 0 aliphatic heterocycles. The van der Waals surface area contributed by atoms with Crippen LogP contribution in [0.4, 0.5) is 0 Å². The summed E-state index contributed by atoms with van der Waals surface area (Å²) < 4.78 is 6.13. The van der Waals surface area contributed by atoms with Crippen LogP contribution in [0.3, 0.4) is 0 Å². The van der Waals surface area contributed by atoms with Crippen LogP contribution < -0.4 is 10.5 Å². The van der Waals surface area contributed by atoms with E-state index in [1.165, 1.54) is 18.3 Å². The van der Waals surface area contributed by atoms with Crippen molar-refractivity contribution in [2.45, 2.75) is 31.4 Å². The van der Waals surface area contributed by atoms with Gasteiger partial charge in [0.15, 0.2) is 5.01 Å². The highest BCUT2D eigenvalue weighted by atomic mass is 35.5. The monoisotopic (exact) mass is 444 g/mol. The third kappa shape index (κ3) is 5.44. The first-order valence-electron chi connectivity index (χ1n) is 9.25. The predicted octanol–water partition coefficient (Wildman–Crippen LogP) is 4.73. The summed E-state index contributed by atoms with van der Waals surface area (Å²) in [7, 11) is 0. The second-order valence-corrected chi connectivity index (χ2v) is 8.44. The van der Waals surface area contributed by atoms with Crippen molar-refractivity contribution in [3.05, 3.63) is 81.3 Å². The normalized spacial score (nSPS) is 14.0. The van der Waals surface area contributed by atoms with E-state index in [0.717, 1.165) is 5.56 Å². The summed E-state index contributed by atoms with van der Waals surface area (Å²) in [6.07, 6.45) is 1.77. The van der Waals surface area contributed by atoms with Gasteiger partial charge in [-0.2, -0.15) is 0 Å². The smallest absolute Gasteiger partial charge is 0.323 e. The molecule has 3 rings (SSSR count). The molecule has 0 spiro atoms. The molecule has 3 N–H and O–H groups in total. The molecule has 1 heterocycles. The fourth-order valence-corrected chi connectivity index (χ4v) is 3.54. The number of carbonyl (C=O) groups excluding carboxylic acids is 1. The van der Waals surface area contributed by atoms with Gasteiger partial charge in [-0.05, 0) is 61.7 Å². The third-order valence-electron chi connectivity index (χ3n) is 4.68. The molecular formula is C22H21ClN2O4S. The topological polar surface area (TPSA) is 103 Å². The minimum Gasteiger partial charge on any atom is -0.486 e. The molecule has 6 nitrogen and oxygen atoms in total. The Morgan fingerprint density at radius 2 is 1.87 bits per heavy atom. The van der Waals surface area contributed by atoms with Gasteiger partial charge in [0.05, 0.1) is 0 Å². The molecule has 0 aliphatic rings. The Morgan fingerprint density at radius 3 is 2.43 bits per heavy atom. The number of ketones is 1. The number of thiazole rings is 1. The fourth-order valence-electron chi connectivity index (χ4n) is 2.82. The van der Waals surface area contributed by atoms with Gasteiger partial charge in [-0.25, -0.2) is 4.98 Å². The Kier molecular flexibility index (Phi) is 6.87. The highest BCUT2D eigenvalue weighted by molar-refractivity contribution is 7.11. The molecule has 0 amide bonds. The minimum atomic E-state index is -1.36. The number of nitrogens with two attached hydrogens (primary N) is 1. The molecule has 8 heteroatoms. The van der Waals surface area contributed by atoms with E-state index in [4.69, 9.17) is 22.1 Å². The van der Waals surface area contributed by atoms with Crippen LogP contribution in [0.25, 0.3) is 0 Å². The van der Waals surface area contributed by atoms with E-state index in [1.807, 2.05) is 12.1 Å². The highest BCUT2D eigenvalue weighted by Gasteiger charge is 2.29. The second-order valence-electron chi connectivity index (χ2n) is 7.11. The number of hydrogen-bond acceptors (Lipinski definition) is 6. The lowest BCUT2D eigenvalue weighted by molar-refractivity contribution is -0.143. The Morgan fingerprint density at radius 1 is 1.20 bits per heavy atom. The summed E-state index contributed by atoms with van der Waals surface area (Å²) in [6.45, 7) is 1.48. The van der Waals surface area contributed by atoms with Crippen molar-refractivity contribution < 1.29 is 19.4 Å². The number of rotatable bonds is 9. The lowest BCUT2D eigenvalue weighted by Crippen LogP contribution is -2.45. The van der Waals surface area contributed by atoms with Crippen LogP contribution in [0.1, 0.15) is 46.8 Å². The molecule has 0 aliphatic carbocycles. The largest absolute Gasteiger partial charge is 0.486 e. The molecular weight excluding hydrogens is 424 g/mol. The first-order chi connectivity index (χ1) is 14.3. The zero-order valence-electron chi connectivity index (χ0n) is 16.2. The van der Waals surface area contributed by atoms with Crippen molar-refractivity contribution in [2.75, 3.05) is 0 Å². The molecule has 0 fully saturated rings. The van der Waals surface area contributed by atoms with Crippen molar-refractivity contribution in [3.63, 3.8) is 0 Å². The molecule has 0 saturated heterocycles. The number of ether oxygens (including phenoxy) is 1. The van der Waals surface area contributed by atoms with E-state index in [1.54, 1.807) is 48.0 Å². The lowest BCUT2D eigenvalue weighted by atomic mass is 9.93. The zero-order valence-corrected chi connectivity index (χ0v) is 17.8. The first-order valence-corrected chi connectivity index (χ1v) is 10.5. The van der Waals surface area contributed by atoms with Gasteiger partial charge < -0.3 is 15.6 Å². The van der Waals surface area contributed by atoms with Crippen LogP contribution >= 0.6 is 22.9 Å². The predicted molar refractivity (Wildman–Crippen MR) is 116 cm³/mol. The molecule has 2 atom stereocenters. The average molecular weight is 445 g/mol. The standard InChI is InChI=1S/C22H21ClN2O4S/c1-22(24,21(27)28)11-10-18(14-2-6-16(23)7-3-14)29-17-8-4-15(5-9-17)19(26)20-25-12-13-30-20/h2-9,12-13,18H,10-11,24H2,1H3,(H,27,28). The van der Waals surface area contributed by atoms with Crippen LogP contribution in [0.5, 0.6) is 5.75 Å². The van der Waals surface area contributed by atoms with Crippen LogP contribution in [0.2, 0.25) is 5.02 Å². The van der Waals surface area contributed by atoms with Gasteiger partial charge >= 0.3 is 5.97 Å². The number of benzene rings is 2. The SMILES string of the molecule is CC(N)(CCC(Oc1ccc(C(=O)c2nccs2)cc1)c1ccc(Cl)cc1)C(=O)O. The molecule has 0 bridgehead atoms. The van der Waals surface area contributed by atoms with Gasteiger partial charge in [-0.3, -0.25) is 9.59 Å². The van der Waals surface area contributed by atoms with E-state index < -0.39 is 17.6 Å². The van der Waals surface area contributed by atoms with Crippen molar-refractivity contribution in [2.24, 2.45) is 5.73 Å². The number of halogens is 1. The van der Waals surface area contributed by atoms with Crippen LogP contribution in [-0.4, -0.2) is 27.4 Å². The van der Waals surface area contributed by atoms with Gasteiger partial charge in [0, 0.05) is 22.2 Å². The molecule has 30 heavy (non-hydrogen) atoms. The summed E-state index contributed by atoms with van der Waals surface area (Å²) in [6, 6.07) is 14.0. The number of nitrogens with zero attached hydrogens (tertiary/aromatic N) is 1. The number of carboxylic acid groups (broad SMARTS) is 1. The summed E-state index contributed by atoms with van der Waals surface area (Å²) >= 11 is 7.27. The molecule has 0 radical (unpaired) electrons. The zero-order chi connectivity index (χ0) is 21.7. The van der Waals surface area contributed by atoms with Gasteiger partial charge in [-0.1, -0.05) is 23.7 Å². The van der Waals surface area contributed by atoms with Gasteiger partial charge in [-0.15, -0.1) is 11.3 Å². The quantitative estimate of drug-likeness (QED) is 0.462. The van der Waals surface area contributed by atoms with Crippen molar-refractivity contribution >= 4 is 34.7 Å². The van der Waals surface area contributed by atoms with Crippen molar-refractivity contribution in [1.29, 1.82) is 0 Å². The Labute approximate surface area is 183 Å². The summed E-state index contributed by atoms with van der Waals surface area (Å²) in [5.74, 6) is -0.659. The lowest BCUT2D eigenvalue weighted by Gasteiger charge is -2.24. The van der Waals surface area contributed by atoms with E-state index >= 15 is 0 Å². The van der Waals surface area contributed by atoms with Gasteiger partial charge in [0.1, 0.15) is 17.4 Å². The summed E-state index contributed by atoms with van der Waals surface area (Å²) in [4.78, 5) is 27.8. The summed E-state index contributed by atoms with van der Waals surface area (Å²) in [5, 5.41) is 12.1. The van der Waals surface area contributed by atoms with E-state index in [0.29, 0.717) is 27.8 Å². The third-order valence-corrected chi connectivity index (χ3v) is 5.70. The second kappa shape index (κ2) is 9.38. The minimum absolute atomic E-state index is 0.147. The molecule has 1 aromatic heterocycles. The van der Waals surface area contributed by atoms with E-state index in [-0.39, 0.29) is 12.2 Å². The number of aliphatic carboxylic acids is 1. The fraction of sp³-hybridized carbons (Fsp3) is 0.227. The van der Waals surface area contributed by atoms with Crippen LogP contribution in [0, 0.1) is 0 Å². The summed E-state index contributed by atoms with van der Waals surface area (Å²) in [5.41, 5.74) is 5.89. The van der Waals surface area contributed by atoms with Crippen LogP contribution in [0.15, 0.2) is 60.1 Å². The number of aromatic nitrogens is 1. The van der Waals surface area contributed by atoms with Crippen molar-refractivity contribution in [1.82, 2.24) is 4.98 Å². The van der Waals surface area contributed by atoms with E-state index in [2.05, 4.69) is 4.98 Å². The van der Waals surface area contributed by atoms with E-state index in [9.17, 15) is 14.7 Å². The van der Waals surface area contributed by atoms with Crippen molar-refractivity contribution in [3.8, 4) is 5.75 Å². The average Bonchev–Trinajstić information content (AvgIpc) is 3.26. The van der Waals surface area contributed by atoms with Gasteiger partial charge in [0.2, 0.25) is 5.78 Å². The first kappa shape index (κ1) is 22.0. The number of hydrogen-bond donors (Lipinski definition) is 2. The number of carboxylic acids is 1. The molecule has 156 valence electrons. The maximum atomic E-state index is 12.4. The molecule has 0 saturated carbocycles. The Bertz CT molecular complexity index is 1000. The van der Waals surface area contributed by atoms with Gasteiger partial charge in [0.25, 0.3) is 0 Å². The Balaban J connectivity index is 1.77. The maximum absolute atomic E-state index is 12.4. The number of carbonyl (C=O) groups is 2. The Hall–Kier alpha value is -2.74. The highest BCUT2D eigenvalue weighted by Crippen LogP contribution is 2.29. The molecule has 2 aromatic carbocycles.